The highest BCUT2D eigenvalue weighted by Crippen LogP contribution is 2.33. The zero-order valence-corrected chi connectivity index (χ0v) is 26.3. The van der Waals surface area contributed by atoms with Crippen LogP contribution < -0.4 is 24.6 Å². The van der Waals surface area contributed by atoms with Gasteiger partial charge in [-0.2, -0.15) is 0 Å². The van der Waals surface area contributed by atoms with Gasteiger partial charge in [0.05, 0.1) is 31.5 Å². The van der Waals surface area contributed by atoms with E-state index in [-0.39, 0.29) is 6.04 Å². The van der Waals surface area contributed by atoms with Crippen molar-refractivity contribution in [2.45, 2.75) is 38.8 Å². The van der Waals surface area contributed by atoms with E-state index in [0.29, 0.717) is 41.9 Å². The number of carbonyl (C=O) groups is 1. The maximum atomic E-state index is 12.4. The highest BCUT2D eigenvalue weighted by Gasteiger charge is 2.27. The predicted octanol–water partition coefficient (Wildman–Crippen LogP) is 5.44. The lowest BCUT2D eigenvalue weighted by Crippen LogP contribution is -2.40. The van der Waals surface area contributed by atoms with Gasteiger partial charge in [-0.25, -0.2) is 24.7 Å². The van der Waals surface area contributed by atoms with E-state index in [0.717, 1.165) is 34.5 Å². The van der Waals surface area contributed by atoms with Gasteiger partial charge >= 0.3 is 6.09 Å². The number of hydrogen-bond donors (Lipinski definition) is 1. The fourth-order valence-electron chi connectivity index (χ4n) is 5.03. The second kappa shape index (κ2) is 12.7. The van der Waals surface area contributed by atoms with Gasteiger partial charge in [0.15, 0.2) is 23.1 Å². The summed E-state index contributed by atoms with van der Waals surface area (Å²) in [6.07, 6.45) is 3.99. The van der Waals surface area contributed by atoms with Gasteiger partial charge in [0.1, 0.15) is 17.2 Å². The van der Waals surface area contributed by atoms with E-state index in [9.17, 15) is 4.79 Å². The van der Waals surface area contributed by atoms with E-state index in [4.69, 9.17) is 34.1 Å². The second-order valence-corrected chi connectivity index (χ2v) is 11.8. The Morgan fingerprint density at radius 3 is 2.39 bits per heavy atom. The molecular formula is C33H39N7O4. The summed E-state index contributed by atoms with van der Waals surface area (Å²) in [7, 11) is 7.14. The molecule has 1 amide bonds. The van der Waals surface area contributed by atoms with Crippen LogP contribution in [0.2, 0.25) is 0 Å². The lowest BCUT2D eigenvalue weighted by atomic mass is 10.1. The van der Waals surface area contributed by atoms with E-state index >= 15 is 0 Å². The highest BCUT2D eigenvalue weighted by atomic mass is 16.6. The molecule has 0 bridgehead atoms. The van der Waals surface area contributed by atoms with Crippen molar-refractivity contribution in [2.24, 2.45) is 0 Å². The van der Waals surface area contributed by atoms with Crippen LogP contribution in [0.25, 0.3) is 34.3 Å². The zero-order valence-electron chi connectivity index (χ0n) is 26.3. The number of ether oxygens (including phenoxy) is 3. The summed E-state index contributed by atoms with van der Waals surface area (Å²) in [6.45, 7) is 6.85. The zero-order chi connectivity index (χ0) is 31.4. The molecule has 44 heavy (non-hydrogen) atoms. The van der Waals surface area contributed by atoms with E-state index in [1.807, 2.05) is 100 Å². The molecule has 0 aliphatic carbocycles. The van der Waals surface area contributed by atoms with Crippen molar-refractivity contribution in [3.8, 4) is 22.8 Å². The average molecular weight is 598 g/mol. The fraction of sp³-hybridized carbons (Fsp3) is 0.364. The summed E-state index contributed by atoms with van der Waals surface area (Å²) >= 11 is 0. The summed E-state index contributed by atoms with van der Waals surface area (Å²) in [6, 6.07) is 15.5. The number of nitrogens with one attached hydrogen (secondary N) is 1. The molecule has 11 heteroatoms. The first-order valence-corrected chi connectivity index (χ1v) is 14.5. The molecule has 11 nitrogen and oxygen atoms in total. The largest absolute Gasteiger partial charge is 0.493 e. The van der Waals surface area contributed by atoms with Crippen molar-refractivity contribution in [1.29, 1.82) is 0 Å². The number of para-hydroxylation sites is 1. The molecule has 2 aromatic carbocycles. The minimum Gasteiger partial charge on any atom is -0.493 e. The molecule has 1 atom stereocenters. The lowest BCUT2D eigenvalue weighted by Gasteiger charge is -2.22. The molecular weight excluding hydrogens is 558 g/mol. The van der Waals surface area contributed by atoms with E-state index < -0.39 is 11.7 Å². The minimum absolute atomic E-state index is 0.0706. The van der Waals surface area contributed by atoms with E-state index in [1.54, 1.807) is 14.2 Å². The second-order valence-electron chi connectivity index (χ2n) is 11.8. The summed E-state index contributed by atoms with van der Waals surface area (Å²) in [5.74, 6) is 3.86. The van der Waals surface area contributed by atoms with E-state index in [2.05, 4.69) is 10.2 Å². The molecule has 1 aliphatic heterocycles. The van der Waals surface area contributed by atoms with Crippen LogP contribution in [0, 0.1) is 0 Å². The van der Waals surface area contributed by atoms with Gasteiger partial charge < -0.3 is 29.3 Å². The summed E-state index contributed by atoms with van der Waals surface area (Å²) in [5, 5.41) is 3.97. The SMILES string of the molecule is COc1ccc(-c2cc(N3CCC(NC(=O)OC(C)(C)C)C3)nc(C=Cc3nc(N(C)C)c4ccccc4n3)n2)cc1OC. The molecule has 1 fully saturated rings. The van der Waals surface area contributed by atoms with Crippen molar-refractivity contribution in [3.63, 3.8) is 0 Å². The number of alkyl carbamates (subject to hydrolysis) is 1. The summed E-state index contributed by atoms with van der Waals surface area (Å²) in [4.78, 5) is 35.8. The number of anilines is 2. The minimum atomic E-state index is -0.563. The number of nitrogens with zero attached hydrogens (tertiary/aromatic N) is 6. The number of fused-ring (bicyclic) bond motifs is 1. The first-order chi connectivity index (χ1) is 21.0. The third-order valence-corrected chi connectivity index (χ3v) is 7.05. The topological polar surface area (TPSA) is 115 Å². The maximum absolute atomic E-state index is 12.4. The first-order valence-electron chi connectivity index (χ1n) is 14.5. The first kappa shape index (κ1) is 30.5. The predicted molar refractivity (Wildman–Crippen MR) is 173 cm³/mol. The average Bonchev–Trinajstić information content (AvgIpc) is 3.46. The molecule has 230 valence electrons. The van der Waals surface area contributed by atoms with Crippen molar-refractivity contribution in [3.05, 3.63) is 60.2 Å². The smallest absolute Gasteiger partial charge is 0.407 e. The Hall–Kier alpha value is -4.93. The number of hydrogen-bond acceptors (Lipinski definition) is 10. The van der Waals surface area contributed by atoms with Gasteiger partial charge in [0.2, 0.25) is 0 Å². The Labute approximate surface area is 257 Å². The van der Waals surface area contributed by atoms with Crippen molar-refractivity contribution in [1.82, 2.24) is 25.3 Å². The highest BCUT2D eigenvalue weighted by molar-refractivity contribution is 5.90. The molecule has 2 aromatic heterocycles. The molecule has 1 aliphatic rings. The Morgan fingerprint density at radius 2 is 1.68 bits per heavy atom. The van der Waals surface area contributed by atoms with Gasteiger partial charge in [-0.15, -0.1) is 0 Å². The number of carbonyl (C=O) groups excluding carboxylic acids is 1. The van der Waals surface area contributed by atoms with Gasteiger partial charge in [-0.3, -0.25) is 0 Å². The van der Waals surface area contributed by atoms with Crippen LogP contribution in [0.5, 0.6) is 11.5 Å². The number of benzene rings is 2. The van der Waals surface area contributed by atoms with Crippen LogP contribution in [-0.4, -0.2) is 79.1 Å². The van der Waals surface area contributed by atoms with Crippen molar-refractivity contribution >= 4 is 40.8 Å². The molecule has 1 N–H and O–H groups in total. The molecule has 3 heterocycles. The quantitative estimate of drug-likeness (QED) is 0.281. The molecule has 5 rings (SSSR count). The van der Waals surface area contributed by atoms with Gasteiger partial charge in [0, 0.05) is 44.2 Å². The molecule has 0 saturated carbocycles. The molecule has 0 spiro atoms. The van der Waals surface area contributed by atoms with Crippen molar-refractivity contribution in [2.75, 3.05) is 51.2 Å². The van der Waals surface area contributed by atoms with Crippen LogP contribution >= 0.6 is 0 Å². The molecule has 0 radical (unpaired) electrons. The number of aromatic nitrogens is 4. The molecule has 1 unspecified atom stereocenters. The van der Waals surface area contributed by atoms with E-state index in [1.165, 1.54) is 0 Å². The maximum Gasteiger partial charge on any atom is 0.407 e. The number of rotatable bonds is 8. The monoisotopic (exact) mass is 597 g/mol. The number of methoxy groups -OCH3 is 2. The Balaban J connectivity index is 1.49. The third kappa shape index (κ3) is 7.16. The molecule has 1 saturated heterocycles. The van der Waals surface area contributed by atoms with Crippen LogP contribution in [0.4, 0.5) is 16.4 Å². The Kier molecular flexibility index (Phi) is 8.84. The fourth-order valence-corrected chi connectivity index (χ4v) is 5.03. The standard InChI is InChI=1S/C33H39N7O4/c1-33(2,3)44-32(41)34-22-16-17-40(20-22)30-19-25(21-12-13-26(42-6)27(18-21)43-7)36-28(37-30)14-15-29-35-24-11-9-8-10-23(24)31(38-29)39(4)5/h8-15,18-19,22H,16-17,20H2,1-7H3,(H,34,41). The van der Waals surface area contributed by atoms with Crippen LogP contribution in [0.15, 0.2) is 48.5 Å². The lowest BCUT2D eigenvalue weighted by molar-refractivity contribution is 0.0509. The summed E-state index contributed by atoms with van der Waals surface area (Å²) in [5.41, 5.74) is 1.85. The van der Waals surface area contributed by atoms with Crippen LogP contribution in [-0.2, 0) is 4.74 Å². The Morgan fingerprint density at radius 1 is 0.955 bits per heavy atom. The normalized spacial score (nSPS) is 15.1. The van der Waals surface area contributed by atoms with Crippen LogP contribution in [0.1, 0.15) is 38.8 Å². The van der Waals surface area contributed by atoms with Gasteiger partial charge in [-0.05, 0) is 69.7 Å². The third-order valence-electron chi connectivity index (χ3n) is 7.05. The van der Waals surface area contributed by atoms with Gasteiger partial charge in [0.25, 0.3) is 0 Å². The summed E-state index contributed by atoms with van der Waals surface area (Å²) < 4.78 is 16.4. The van der Waals surface area contributed by atoms with Crippen LogP contribution in [0.3, 0.4) is 0 Å². The van der Waals surface area contributed by atoms with Gasteiger partial charge in [-0.1, -0.05) is 12.1 Å². The Bertz CT molecular complexity index is 1680. The number of amides is 1. The molecule has 4 aromatic rings. The van der Waals surface area contributed by atoms with Crippen molar-refractivity contribution < 1.29 is 19.0 Å².